The number of hydrogen-bond acceptors (Lipinski definition) is 5. The number of phenols is 1. The summed E-state index contributed by atoms with van der Waals surface area (Å²) >= 11 is 0. The fourth-order valence-corrected chi connectivity index (χ4v) is 7.35. The number of rotatable bonds is 4. The maximum Gasteiger partial charge on any atom is 0.166 e. The van der Waals surface area contributed by atoms with Gasteiger partial charge in [-0.2, -0.15) is 0 Å². The van der Waals surface area contributed by atoms with Crippen molar-refractivity contribution in [2.75, 3.05) is 13.1 Å². The fraction of sp³-hybridized carbons (Fsp3) is 0.345. The second-order valence-corrected chi connectivity index (χ2v) is 10.3. The van der Waals surface area contributed by atoms with Crippen LogP contribution in [0.1, 0.15) is 46.0 Å². The minimum absolute atomic E-state index is 0.0423. The quantitative estimate of drug-likeness (QED) is 0.589. The van der Waals surface area contributed by atoms with Gasteiger partial charge in [-0.15, -0.1) is 6.58 Å². The van der Waals surface area contributed by atoms with Gasteiger partial charge in [-0.05, 0) is 47.6 Å². The van der Waals surface area contributed by atoms with Crippen LogP contribution in [0.4, 0.5) is 0 Å². The van der Waals surface area contributed by atoms with E-state index < -0.39 is 17.1 Å². The highest BCUT2D eigenvalue weighted by Gasteiger charge is 2.72. The molecule has 1 spiro atoms. The molecule has 1 saturated heterocycles. The molecule has 3 heterocycles. The predicted molar refractivity (Wildman–Crippen MR) is 129 cm³/mol. The Morgan fingerprint density at radius 2 is 2.00 bits per heavy atom. The third-order valence-corrected chi connectivity index (χ3v) is 8.70. The minimum Gasteiger partial charge on any atom is -0.504 e. The monoisotopic (exact) mass is 452 g/mol. The molecule has 2 aromatic carbocycles. The number of aromatic hydroxyl groups is 1. The van der Waals surface area contributed by atoms with Gasteiger partial charge in [-0.25, -0.2) is 0 Å². The Morgan fingerprint density at radius 1 is 1.15 bits per heavy atom. The Hall–Kier alpha value is -3.15. The zero-order valence-corrected chi connectivity index (χ0v) is 19.1. The molecule has 7 rings (SSSR count). The third kappa shape index (κ3) is 2.44. The van der Waals surface area contributed by atoms with E-state index in [9.17, 15) is 10.2 Å². The number of hydrogen-bond donors (Lipinski definition) is 2. The molecule has 2 N–H and O–H groups in total. The smallest absolute Gasteiger partial charge is 0.166 e. The lowest BCUT2D eigenvalue weighted by Gasteiger charge is -2.62. The summed E-state index contributed by atoms with van der Waals surface area (Å²) in [5.74, 6) is 0.693. The number of pyridine rings is 1. The summed E-state index contributed by atoms with van der Waals surface area (Å²) < 4.78 is 6.54. The number of piperidine rings is 1. The Bertz CT molecular complexity index is 1320. The Morgan fingerprint density at radius 3 is 2.82 bits per heavy atom. The van der Waals surface area contributed by atoms with Crippen LogP contribution in [0.25, 0.3) is 0 Å². The average molecular weight is 453 g/mol. The van der Waals surface area contributed by atoms with E-state index in [0.29, 0.717) is 12.2 Å². The summed E-state index contributed by atoms with van der Waals surface area (Å²) in [6.07, 6.45) is 6.30. The molecule has 0 amide bonds. The standard InChI is InChI=1S/C29H28N2O3/c1-2-11-31-12-10-28-24-20-8-9-22(32)26(24)34-27(28)25-21(16-29(28,33)23(31)15-20)14-19(17-30-25)13-18-6-4-3-5-7-18/h2-9,14,17,23,27,32-33H,1,10-13,15-16H2/t23-,27-,28-,29+/m0/s1. The van der Waals surface area contributed by atoms with E-state index in [1.165, 1.54) is 11.1 Å². The van der Waals surface area contributed by atoms with Crippen LogP contribution in [0, 0.1) is 0 Å². The first kappa shape index (κ1) is 20.2. The number of ether oxygens (including phenoxy) is 1. The number of phenolic OH excluding ortho intramolecular Hbond substituents is 1. The molecule has 0 unspecified atom stereocenters. The first-order chi connectivity index (χ1) is 16.5. The molecule has 2 bridgehead atoms. The SMILES string of the molecule is C=CCN1CC[C@]23c4c5ccc(O)c4O[C@H]2c2ncc(Cc4ccccc4)cc2C[C@@]3(O)[C@@H]1C5. The highest BCUT2D eigenvalue weighted by atomic mass is 16.5. The van der Waals surface area contributed by atoms with Gasteiger partial charge in [0.2, 0.25) is 0 Å². The van der Waals surface area contributed by atoms with Crippen LogP contribution >= 0.6 is 0 Å². The van der Waals surface area contributed by atoms with E-state index in [1.54, 1.807) is 6.07 Å². The molecule has 4 atom stereocenters. The largest absolute Gasteiger partial charge is 0.504 e. The average Bonchev–Trinajstić information content (AvgIpc) is 3.18. The molecular weight excluding hydrogens is 424 g/mol. The Balaban J connectivity index is 1.40. The Kier molecular flexibility index (Phi) is 4.13. The second-order valence-electron chi connectivity index (χ2n) is 10.3. The van der Waals surface area contributed by atoms with Crippen LogP contribution < -0.4 is 4.74 Å². The molecule has 5 heteroatoms. The number of nitrogens with zero attached hydrogens (tertiary/aromatic N) is 2. The fourth-order valence-electron chi connectivity index (χ4n) is 7.35. The summed E-state index contributed by atoms with van der Waals surface area (Å²) in [5.41, 5.74) is 4.90. The number of fused-ring (bicyclic) bond motifs is 2. The predicted octanol–water partition coefficient (Wildman–Crippen LogP) is 3.85. The van der Waals surface area contributed by atoms with Crippen LogP contribution in [-0.2, 0) is 24.7 Å². The van der Waals surface area contributed by atoms with Crippen molar-refractivity contribution in [3.05, 3.63) is 101 Å². The van der Waals surface area contributed by atoms with Crippen molar-refractivity contribution in [3.63, 3.8) is 0 Å². The molecule has 0 radical (unpaired) electrons. The Labute approximate surface area is 199 Å². The van der Waals surface area contributed by atoms with Gasteiger partial charge in [0.25, 0.3) is 0 Å². The van der Waals surface area contributed by atoms with E-state index in [-0.39, 0.29) is 11.8 Å². The van der Waals surface area contributed by atoms with Gasteiger partial charge in [0.05, 0.1) is 16.7 Å². The van der Waals surface area contributed by atoms with Crippen LogP contribution in [0.2, 0.25) is 0 Å². The number of aliphatic hydroxyl groups is 1. The topological polar surface area (TPSA) is 65.8 Å². The highest BCUT2D eigenvalue weighted by molar-refractivity contribution is 5.64. The highest BCUT2D eigenvalue weighted by Crippen LogP contribution is 2.68. The second kappa shape index (κ2) is 6.94. The zero-order valence-electron chi connectivity index (χ0n) is 19.1. The molecule has 172 valence electrons. The summed E-state index contributed by atoms with van der Waals surface area (Å²) in [6, 6.07) is 16.3. The van der Waals surface area contributed by atoms with Crippen molar-refractivity contribution in [2.24, 2.45) is 0 Å². The van der Waals surface area contributed by atoms with E-state index in [0.717, 1.165) is 54.7 Å². The molecule has 34 heavy (non-hydrogen) atoms. The van der Waals surface area contributed by atoms with Crippen molar-refractivity contribution in [1.29, 1.82) is 0 Å². The van der Waals surface area contributed by atoms with E-state index in [2.05, 4.69) is 41.8 Å². The number of aromatic nitrogens is 1. The number of benzene rings is 2. The van der Waals surface area contributed by atoms with Crippen molar-refractivity contribution < 1.29 is 14.9 Å². The van der Waals surface area contributed by atoms with Gasteiger partial charge in [-0.1, -0.05) is 48.5 Å². The normalized spacial score (nSPS) is 30.3. The summed E-state index contributed by atoms with van der Waals surface area (Å²) in [7, 11) is 0. The maximum absolute atomic E-state index is 12.7. The van der Waals surface area contributed by atoms with Gasteiger partial charge in [0.15, 0.2) is 17.6 Å². The molecule has 2 aliphatic heterocycles. The molecule has 2 aliphatic carbocycles. The van der Waals surface area contributed by atoms with Gasteiger partial charge in [0, 0.05) is 37.3 Å². The lowest BCUT2D eigenvalue weighted by atomic mass is 9.49. The van der Waals surface area contributed by atoms with E-state index in [1.807, 2.05) is 24.4 Å². The third-order valence-electron chi connectivity index (χ3n) is 8.70. The zero-order chi connectivity index (χ0) is 23.1. The van der Waals surface area contributed by atoms with Gasteiger partial charge in [-0.3, -0.25) is 9.88 Å². The van der Waals surface area contributed by atoms with Gasteiger partial charge < -0.3 is 14.9 Å². The van der Waals surface area contributed by atoms with Gasteiger partial charge >= 0.3 is 0 Å². The molecular formula is C29H28N2O3. The molecule has 1 fully saturated rings. The van der Waals surface area contributed by atoms with Gasteiger partial charge in [0.1, 0.15) is 0 Å². The first-order valence-electron chi connectivity index (χ1n) is 12.2. The van der Waals surface area contributed by atoms with Crippen LogP contribution in [0.3, 0.4) is 0 Å². The summed E-state index contributed by atoms with van der Waals surface area (Å²) in [4.78, 5) is 7.31. The summed E-state index contributed by atoms with van der Waals surface area (Å²) in [5, 5.41) is 23.4. The van der Waals surface area contributed by atoms with Crippen molar-refractivity contribution in [1.82, 2.24) is 9.88 Å². The number of likely N-dealkylation sites (tertiary alicyclic amines) is 1. The molecule has 1 aromatic heterocycles. The lowest BCUT2D eigenvalue weighted by molar-refractivity contribution is -0.171. The molecule has 5 nitrogen and oxygen atoms in total. The lowest BCUT2D eigenvalue weighted by Crippen LogP contribution is -2.74. The van der Waals surface area contributed by atoms with Crippen molar-refractivity contribution in [2.45, 2.75) is 48.8 Å². The van der Waals surface area contributed by atoms with Crippen LogP contribution in [0.5, 0.6) is 11.5 Å². The van der Waals surface area contributed by atoms with Crippen LogP contribution in [-0.4, -0.2) is 44.8 Å². The molecule has 4 aliphatic rings. The van der Waals surface area contributed by atoms with Crippen molar-refractivity contribution >= 4 is 0 Å². The maximum atomic E-state index is 12.7. The molecule has 0 saturated carbocycles. The van der Waals surface area contributed by atoms with E-state index in [4.69, 9.17) is 9.72 Å². The minimum atomic E-state index is -1.01. The van der Waals surface area contributed by atoms with Crippen LogP contribution in [0.15, 0.2) is 67.4 Å². The van der Waals surface area contributed by atoms with E-state index >= 15 is 0 Å². The molecule has 3 aromatic rings. The first-order valence-corrected chi connectivity index (χ1v) is 12.2. The van der Waals surface area contributed by atoms with Crippen molar-refractivity contribution in [3.8, 4) is 11.5 Å². The summed E-state index contributed by atoms with van der Waals surface area (Å²) in [6.45, 7) is 5.56.